The van der Waals surface area contributed by atoms with Gasteiger partial charge >= 0.3 is 11.9 Å². The van der Waals surface area contributed by atoms with E-state index in [2.05, 4.69) is 14.2 Å². The second-order valence-corrected chi connectivity index (χ2v) is 4.59. The summed E-state index contributed by atoms with van der Waals surface area (Å²) < 4.78 is 33.2. The summed E-state index contributed by atoms with van der Waals surface area (Å²) in [6.07, 6.45) is -0.0752. The molecule has 0 saturated carbocycles. The van der Waals surface area contributed by atoms with Crippen LogP contribution in [0, 0.1) is 0 Å². The molecule has 0 fully saturated rings. The van der Waals surface area contributed by atoms with E-state index in [4.69, 9.17) is 0 Å². The van der Waals surface area contributed by atoms with Crippen LogP contribution in [0.3, 0.4) is 0 Å². The Morgan fingerprint density at radius 3 is 2.38 bits per heavy atom. The highest BCUT2D eigenvalue weighted by Gasteiger charge is 2.16. The normalized spacial score (nSPS) is 10.9. The van der Waals surface area contributed by atoms with Gasteiger partial charge in [-0.2, -0.15) is 0 Å². The first-order chi connectivity index (χ1) is 7.41. The molecule has 1 N–H and O–H groups in total. The highest BCUT2D eigenvalue weighted by Crippen LogP contribution is 1.89. The van der Waals surface area contributed by atoms with Crippen LogP contribution in [-0.4, -0.2) is 46.4 Å². The topological polar surface area (TPSA) is 98.8 Å². The third-order valence-corrected chi connectivity index (χ3v) is 2.75. The number of methoxy groups -OCH3 is 1. The molecule has 0 saturated heterocycles. The van der Waals surface area contributed by atoms with Crippen molar-refractivity contribution in [3.05, 3.63) is 0 Å². The van der Waals surface area contributed by atoms with Crippen LogP contribution in [0.25, 0.3) is 0 Å². The van der Waals surface area contributed by atoms with Crippen molar-refractivity contribution in [2.45, 2.75) is 13.3 Å². The molecule has 16 heavy (non-hydrogen) atoms. The maximum absolute atomic E-state index is 11.2. The van der Waals surface area contributed by atoms with E-state index in [0.29, 0.717) is 0 Å². The summed E-state index contributed by atoms with van der Waals surface area (Å²) >= 11 is 0. The van der Waals surface area contributed by atoms with E-state index in [0.717, 1.165) is 7.11 Å². The van der Waals surface area contributed by atoms with Gasteiger partial charge < -0.3 is 9.47 Å². The van der Waals surface area contributed by atoms with Crippen LogP contribution in [0.2, 0.25) is 0 Å². The minimum absolute atomic E-state index is 0.0752. The van der Waals surface area contributed by atoms with Crippen LogP contribution in [0.4, 0.5) is 0 Å². The lowest BCUT2D eigenvalue weighted by Gasteiger charge is -2.05. The van der Waals surface area contributed by atoms with Crippen LogP contribution in [0.15, 0.2) is 0 Å². The number of ether oxygens (including phenoxy) is 2. The number of rotatable bonds is 7. The molecule has 7 nitrogen and oxygen atoms in total. The fourth-order valence-corrected chi connectivity index (χ4v) is 1.75. The average Bonchev–Trinajstić information content (AvgIpc) is 2.16. The minimum atomic E-state index is -3.74. The maximum Gasteiger partial charge on any atom is 0.322 e. The van der Waals surface area contributed by atoms with Gasteiger partial charge in [0.25, 0.3) is 0 Å². The maximum atomic E-state index is 11.2. The Labute approximate surface area is 94.2 Å². The van der Waals surface area contributed by atoms with Gasteiger partial charge in [-0.15, -0.1) is 0 Å². The summed E-state index contributed by atoms with van der Waals surface area (Å²) in [5.74, 6) is -2.11. The van der Waals surface area contributed by atoms with E-state index in [1.54, 1.807) is 6.92 Å². The van der Waals surface area contributed by atoms with Crippen molar-refractivity contribution in [2.75, 3.05) is 26.0 Å². The van der Waals surface area contributed by atoms with E-state index in [-0.39, 0.29) is 19.6 Å². The van der Waals surface area contributed by atoms with Gasteiger partial charge in [-0.05, 0) is 6.92 Å². The SMILES string of the molecule is CCOC(=O)CCNS(=O)(=O)CC(=O)OC. The molecule has 0 radical (unpaired) electrons. The van der Waals surface area contributed by atoms with Crippen molar-refractivity contribution in [3.63, 3.8) is 0 Å². The molecule has 0 unspecified atom stereocenters. The van der Waals surface area contributed by atoms with Gasteiger partial charge in [0, 0.05) is 6.54 Å². The average molecular weight is 253 g/mol. The Morgan fingerprint density at radius 1 is 1.25 bits per heavy atom. The summed E-state index contributed by atoms with van der Waals surface area (Å²) in [4.78, 5) is 21.6. The van der Waals surface area contributed by atoms with Crippen LogP contribution >= 0.6 is 0 Å². The molecule has 0 aromatic carbocycles. The van der Waals surface area contributed by atoms with E-state index >= 15 is 0 Å². The molecule has 0 amide bonds. The summed E-state index contributed by atoms with van der Waals surface area (Å²) in [7, 11) is -2.64. The van der Waals surface area contributed by atoms with Crippen molar-refractivity contribution < 1.29 is 27.5 Å². The Bertz CT molecular complexity index is 336. The number of esters is 2. The molecule has 0 aromatic rings. The molecular formula is C8H15NO6S. The van der Waals surface area contributed by atoms with Gasteiger partial charge in [0.15, 0.2) is 5.75 Å². The van der Waals surface area contributed by atoms with E-state index in [1.165, 1.54) is 0 Å². The van der Waals surface area contributed by atoms with Crippen molar-refractivity contribution in [3.8, 4) is 0 Å². The zero-order valence-electron chi connectivity index (χ0n) is 9.19. The second kappa shape index (κ2) is 7.18. The number of sulfonamides is 1. The number of hydrogen-bond donors (Lipinski definition) is 1. The van der Waals surface area contributed by atoms with Gasteiger partial charge in [0.05, 0.1) is 20.1 Å². The number of hydrogen-bond acceptors (Lipinski definition) is 6. The zero-order valence-corrected chi connectivity index (χ0v) is 10.0. The summed E-state index contributed by atoms with van der Waals surface area (Å²) in [6.45, 7) is 1.80. The van der Waals surface area contributed by atoms with E-state index < -0.39 is 27.7 Å². The standard InChI is InChI=1S/C8H15NO6S/c1-3-15-7(10)4-5-9-16(12,13)6-8(11)14-2/h9H,3-6H2,1-2H3. The lowest BCUT2D eigenvalue weighted by atomic mass is 10.4. The first-order valence-electron chi connectivity index (χ1n) is 4.61. The predicted molar refractivity (Wildman–Crippen MR) is 55.1 cm³/mol. The molecule has 8 heteroatoms. The summed E-state index contributed by atoms with van der Waals surface area (Å²) in [6, 6.07) is 0. The summed E-state index contributed by atoms with van der Waals surface area (Å²) in [5.41, 5.74) is 0. The fraction of sp³-hybridized carbons (Fsp3) is 0.750. The lowest BCUT2D eigenvalue weighted by molar-refractivity contribution is -0.143. The van der Waals surface area contributed by atoms with Gasteiger partial charge in [-0.3, -0.25) is 9.59 Å². The molecule has 0 heterocycles. The van der Waals surface area contributed by atoms with Crippen LogP contribution < -0.4 is 4.72 Å². The molecule has 94 valence electrons. The van der Waals surface area contributed by atoms with Gasteiger partial charge in [-0.1, -0.05) is 0 Å². The molecule has 0 aliphatic rings. The smallest absolute Gasteiger partial charge is 0.322 e. The van der Waals surface area contributed by atoms with Gasteiger partial charge in [-0.25, -0.2) is 13.1 Å². The minimum Gasteiger partial charge on any atom is -0.468 e. The molecular weight excluding hydrogens is 238 g/mol. The number of carbonyl (C=O) groups is 2. The Morgan fingerprint density at radius 2 is 1.88 bits per heavy atom. The summed E-state index contributed by atoms with van der Waals surface area (Å²) in [5, 5.41) is 0. The second-order valence-electron chi connectivity index (χ2n) is 2.78. The van der Waals surface area contributed by atoms with Crippen molar-refractivity contribution >= 4 is 22.0 Å². The van der Waals surface area contributed by atoms with Crippen LogP contribution in [-0.2, 0) is 29.1 Å². The molecule has 0 aromatic heterocycles. The molecule has 0 spiro atoms. The highest BCUT2D eigenvalue weighted by atomic mass is 32.2. The Hall–Kier alpha value is -1.15. The quantitative estimate of drug-likeness (QED) is 0.586. The lowest BCUT2D eigenvalue weighted by Crippen LogP contribution is -2.32. The fourth-order valence-electron chi connectivity index (χ4n) is 0.807. The first kappa shape index (κ1) is 14.8. The van der Waals surface area contributed by atoms with Gasteiger partial charge in [0.2, 0.25) is 10.0 Å². The largest absolute Gasteiger partial charge is 0.468 e. The zero-order chi connectivity index (χ0) is 12.6. The molecule has 0 bridgehead atoms. The molecule has 0 aliphatic heterocycles. The third kappa shape index (κ3) is 7.18. The van der Waals surface area contributed by atoms with Crippen molar-refractivity contribution in [2.24, 2.45) is 0 Å². The first-order valence-corrected chi connectivity index (χ1v) is 6.26. The third-order valence-electron chi connectivity index (χ3n) is 1.49. The van der Waals surface area contributed by atoms with Crippen LogP contribution in [0.5, 0.6) is 0 Å². The molecule has 0 aliphatic carbocycles. The monoisotopic (exact) mass is 253 g/mol. The van der Waals surface area contributed by atoms with Gasteiger partial charge in [0.1, 0.15) is 0 Å². The Kier molecular flexibility index (Phi) is 6.66. The van der Waals surface area contributed by atoms with E-state index in [1.807, 2.05) is 0 Å². The van der Waals surface area contributed by atoms with Crippen LogP contribution in [0.1, 0.15) is 13.3 Å². The predicted octanol–water partition coefficient (Wildman–Crippen LogP) is -0.968. The van der Waals surface area contributed by atoms with E-state index in [9.17, 15) is 18.0 Å². The number of nitrogens with one attached hydrogen (secondary N) is 1. The highest BCUT2D eigenvalue weighted by molar-refractivity contribution is 7.90. The molecule has 0 atom stereocenters. The number of carbonyl (C=O) groups excluding carboxylic acids is 2. The van der Waals surface area contributed by atoms with Crippen molar-refractivity contribution in [1.29, 1.82) is 0 Å². The molecule has 0 rings (SSSR count). The van der Waals surface area contributed by atoms with Crippen molar-refractivity contribution in [1.82, 2.24) is 4.72 Å². The Balaban J connectivity index is 3.92.